The first-order chi connectivity index (χ1) is 4.93. The van der Waals surface area contributed by atoms with Gasteiger partial charge in [-0.2, -0.15) is 0 Å². The molecule has 0 amide bonds. The van der Waals surface area contributed by atoms with Crippen molar-refractivity contribution in [2.75, 3.05) is 37.3 Å². The van der Waals surface area contributed by atoms with Crippen molar-refractivity contribution in [2.45, 2.75) is 6.42 Å². The molecule has 0 unspecified atom stereocenters. The van der Waals surface area contributed by atoms with E-state index >= 15 is 0 Å². The number of rotatable bonds is 3. The lowest BCUT2D eigenvalue weighted by atomic mass is 10.4. The number of hydrogen-bond acceptors (Lipinski definition) is 2. The van der Waals surface area contributed by atoms with Crippen molar-refractivity contribution < 1.29 is 4.74 Å². The summed E-state index contributed by atoms with van der Waals surface area (Å²) in [6.45, 7) is 5.39. The highest BCUT2D eigenvalue weighted by molar-refractivity contribution is 14.1. The molecular weight excluding hydrogens is 241 g/mol. The minimum absolute atomic E-state index is 0.932. The van der Waals surface area contributed by atoms with Crippen LogP contribution in [0.5, 0.6) is 0 Å². The van der Waals surface area contributed by atoms with Crippen LogP contribution in [0.25, 0.3) is 0 Å². The van der Waals surface area contributed by atoms with E-state index < -0.39 is 0 Å². The van der Waals surface area contributed by atoms with E-state index in [1.165, 1.54) is 17.4 Å². The lowest BCUT2D eigenvalue weighted by Crippen LogP contribution is -2.36. The Hall–Kier alpha value is 0.650. The lowest BCUT2D eigenvalue weighted by molar-refractivity contribution is 0.0382. The highest BCUT2D eigenvalue weighted by Gasteiger charge is 2.08. The minimum Gasteiger partial charge on any atom is -0.379 e. The summed E-state index contributed by atoms with van der Waals surface area (Å²) >= 11 is 2.43. The van der Waals surface area contributed by atoms with Crippen LogP contribution < -0.4 is 0 Å². The Morgan fingerprint density at radius 2 is 2.00 bits per heavy atom. The van der Waals surface area contributed by atoms with Crippen molar-refractivity contribution in [3.8, 4) is 0 Å². The topological polar surface area (TPSA) is 12.5 Å². The summed E-state index contributed by atoms with van der Waals surface area (Å²) in [5, 5.41) is 0. The van der Waals surface area contributed by atoms with Gasteiger partial charge in [0.1, 0.15) is 0 Å². The molecular formula is C7H14INO. The summed E-state index contributed by atoms with van der Waals surface area (Å²) in [5.41, 5.74) is 0. The van der Waals surface area contributed by atoms with E-state index in [9.17, 15) is 0 Å². The molecule has 0 saturated carbocycles. The molecule has 0 aromatic heterocycles. The van der Waals surface area contributed by atoms with Crippen LogP contribution >= 0.6 is 22.6 Å². The van der Waals surface area contributed by atoms with Gasteiger partial charge in [-0.25, -0.2) is 0 Å². The van der Waals surface area contributed by atoms with Crippen LogP contribution in [0.3, 0.4) is 0 Å². The molecule has 1 fully saturated rings. The standard InChI is InChI=1S/C7H14INO/c8-2-1-3-9-4-6-10-7-5-9/h1-7H2. The van der Waals surface area contributed by atoms with Crippen molar-refractivity contribution in [3.63, 3.8) is 0 Å². The van der Waals surface area contributed by atoms with Gasteiger partial charge in [-0.05, 0) is 13.0 Å². The molecule has 0 atom stereocenters. The Balaban J connectivity index is 2.02. The van der Waals surface area contributed by atoms with Gasteiger partial charge in [0.25, 0.3) is 0 Å². The van der Waals surface area contributed by atoms with Crippen LogP contribution in [0, 0.1) is 0 Å². The smallest absolute Gasteiger partial charge is 0.0594 e. The number of ether oxygens (including phenoxy) is 1. The first-order valence-electron chi connectivity index (χ1n) is 3.79. The summed E-state index contributed by atoms with van der Waals surface area (Å²) in [7, 11) is 0. The number of alkyl halides is 1. The molecule has 1 saturated heterocycles. The molecule has 0 aliphatic carbocycles. The van der Waals surface area contributed by atoms with Crippen molar-refractivity contribution in [2.24, 2.45) is 0 Å². The van der Waals surface area contributed by atoms with Crippen molar-refractivity contribution >= 4 is 22.6 Å². The SMILES string of the molecule is ICCCN1CCOCC1. The maximum Gasteiger partial charge on any atom is 0.0594 e. The number of nitrogens with zero attached hydrogens (tertiary/aromatic N) is 1. The Labute approximate surface area is 76.1 Å². The van der Waals surface area contributed by atoms with Gasteiger partial charge >= 0.3 is 0 Å². The number of morpholine rings is 1. The molecule has 2 nitrogen and oxygen atoms in total. The lowest BCUT2D eigenvalue weighted by Gasteiger charge is -2.25. The van der Waals surface area contributed by atoms with E-state index in [4.69, 9.17) is 4.74 Å². The van der Waals surface area contributed by atoms with E-state index in [1.54, 1.807) is 0 Å². The second-order valence-corrected chi connectivity index (χ2v) is 3.58. The quantitative estimate of drug-likeness (QED) is 0.554. The monoisotopic (exact) mass is 255 g/mol. The third kappa shape index (κ3) is 3.16. The zero-order chi connectivity index (χ0) is 7.23. The average Bonchev–Trinajstić information content (AvgIpc) is 2.03. The predicted octanol–water partition coefficient (Wildman–Crippen LogP) is 1.14. The number of hydrogen-bond donors (Lipinski definition) is 0. The average molecular weight is 255 g/mol. The van der Waals surface area contributed by atoms with Gasteiger partial charge in [0.2, 0.25) is 0 Å². The highest BCUT2D eigenvalue weighted by Crippen LogP contribution is 1.98. The van der Waals surface area contributed by atoms with Crippen molar-refractivity contribution in [1.82, 2.24) is 4.90 Å². The van der Waals surface area contributed by atoms with Crippen LogP contribution in [-0.2, 0) is 4.74 Å². The molecule has 1 heterocycles. The normalized spacial score (nSPS) is 21.3. The summed E-state index contributed by atoms with van der Waals surface area (Å²) < 4.78 is 6.51. The fourth-order valence-electron chi connectivity index (χ4n) is 1.11. The van der Waals surface area contributed by atoms with Crippen molar-refractivity contribution in [3.05, 3.63) is 0 Å². The molecule has 0 N–H and O–H groups in total. The Bertz CT molecular complexity index is 83.7. The first kappa shape index (κ1) is 8.74. The van der Waals surface area contributed by atoms with Gasteiger partial charge in [0, 0.05) is 17.5 Å². The fourth-order valence-corrected chi connectivity index (χ4v) is 1.45. The molecule has 0 spiro atoms. The summed E-state index contributed by atoms with van der Waals surface area (Å²) in [5.74, 6) is 0. The van der Waals surface area contributed by atoms with Crippen LogP contribution in [0.4, 0.5) is 0 Å². The van der Waals surface area contributed by atoms with Crippen LogP contribution in [0.2, 0.25) is 0 Å². The summed E-state index contributed by atoms with van der Waals surface area (Å²) in [4.78, 5) is 2.47. The van der Waals surface area contributed by atoms with Crippen LogP contribution in [-0.4, -0.2) is 42.2 Å². The maximum absolute atomic E-state index is 5.24. The van der Waals surface area contributed by atoms with Gasteiger partial charge in [-0.3, -0.25) is 4.90 Å². The van der Waals surface area contributed by atoms with Gasteiger partial charge in [-0.1, -0.05) is 22.6 Å². The molecule has 1 aliphatic rings. The Morgan fingerprint density at radius 3 is 2.60 bits per heavy atom. The van der Waals surface area contributed by atoms with Gasteiger partial charge in [0.05, 0.1) is 13.2 Å². The molecule has 10 heavy (non-hydrogen) atoms. The molecule has 1 aliphatic heterocycles. The Kier molecular flexibility index (Phi) is 4.65. The highest BCUT2D eigenvalue weighted by atomic mass is 127. The van der Waals surface area contributed by atoms with Gasteiger partial charge < -0.3 is 4.74 Å². The molecule has 0 aromatic rings. The molecule has 0 radical (unpaired) electrons. The largest absolute Gasteiger partial charge is 0.379 e. The summed E-state index contributed by atoms with van der Waals surface area (Å²) in [6, 6.07) is 0. The van der Waals surface area contributed by atoms with Crippen molar-refractivity contribution in [1.29, 1.82) is 0 Å². The molecule has 3 heteroatoms. The van der Waals surface area contributed by atoms with Gasteiger partial charge in [0.15, 0.2) is 0 Å². The Morgan fingerprint density at radius 1 is 1.30 bits per heavy atom. The zero-order valence-electron chi connectivity index (χ0n) is 6.18. The second-order valence-electron chi connectivity index (χ2n) is 2.50. The van der Waals surface area contributed by atoms with E-state index in [0.717, 1.165) is 26.3 Å². The van der Waals surface area contributed by atoms with Crippen LogP contribution in [0.1, 0.15) is 6.42 Å². The fraction of sp³-hybridized carbons (Fsp3) is 1.00. The maximum atomic E-state index is 5.24. The van der Waals surface area contributed by atoms with E-state index in [-0.39, 0.29) is 0 Å². The van der Waals surface area contributed by atoms with Gasteiger partial charge in [-0.15, -0.1) is 0 Å². The number of halogens is 1. The van der Waals surface area contributed by atoms with E-state index in [0.29, 0.717) is 0 Å². The minimum atomic E-state index is 0.932. The third-order valence-corrected chi connectivity index (χ3v) is 2.47. The molecule has 0 bridgehead atoms. The molecule has 1 rings (SSSR count). The van der Waals surface area contributed by atoms with Crippen LogP contribution in [0.15, 0.2) is 0 Å². The third-order valence-electron chi connectivity index (χ3n) is 1.71. The molecule has 60 valence electrons. The van der Waals surface area contributed by atoms with E-state index in [1.807, 2.05) is 0 Å². The molecule has 0 aromatic carbocycles. The first-order valence-corrected chi connectivity index (χ1v) is 5.32. The summed E-state index contributed by atoms with van der Waals surface area (Å²) in [6.07, 6.45) is 1.32. The second kappa shape index (κ2) is 5.32. The zero-order valence-corrected chi connectivity index (χ0v) is 8.34. The predicted molar refractivity (Wildman–Crippen MR) is 50.8 cm³/mol. The van der Waals surface area contributed by atoms with E-state index in [2.05, 4.69) is 27.5 Å².